The molecule has 0 aliphatic heterocycles. The smallest absolute Gasteiger partial charge is 0.218 e. The van der Waals surface area contributed by atoms with E-state index in [-0.39, 0.29) is 17.9 Å². The van der Waals surface area contributed by atoms with Crippen LogP contribution in [0, 0.1) is 0 Å². The van der Waals surface area contributed by atoms with E-state index in [1.165, 1.54) is 0 Å². The summed E-state index contributed by atoms with van der Waals surface area (Å²) in [5, 5.41) is 16.5. The Morgan fingerprint density at radius 3 is 2.30 bits per heavy atom. The van der Waals surface area contributed by atoms with Crippen LogP contribution >= 0.6 is 24.2 Å². The number of halogens is 1. The van der Waals surface area contributed by atoms with E-state index in [2.05, 4.69) is 59.8 Å². The quantitative estimate of drug-likeness (QED) is 0.611. The lowest BCUT2D eigenvalue weighted by Gasteiger charge is -2.19. The maximum absolute atomic E-state index is 4.22. The van der Waals surface area contributed by atoms with E-state index in [0.29, 0.717) is 0 Å². The number of thioether (sulfide) groups is 1. The zero-order valence-corrected chi connectivity index (χ0v) is 17.3. The summed E-state index contributed by atoms with van der Waals surface area (Å²) in [5.74, 6) is 0. The lowest BCUT2D eigenvalue weighted by Crippen LogP contribution is -2.35. The standard InChI is InChI=1S/C20H23N5S.ClH/c1-20(2,3)21-15-14-18(16-10-6-4-7-11-16)26-19-22-23-24-25(19)17-12-8-5-9-13-17;/h4-14,21H,15H2,1-3H3;1H/b18-14+;. The monoisotopic (exact) mass is 401 g/mol. The maximum Gasteiger partial charge on any atom is 0.218 e. The van der Waals surface area contributed by atoms with Gasteiger partial charge in [0.05, 0.1) is 5.69 Å². The minimum absolute atomic E-state index is 0. The van der Waals surface area contributed by atoms with Crippen molar-refractivity contribution in [3.8, 4) is 5.69 Å². The van der Waals surface area contributed by atoms with Gasteiger partial charge in [0.25, 0.3) is 0 Å². The Balaban J connectivity index is 0.00000261. The zero-order chi connectivity index (χ0) is 18.4. The minimum Gasteiger partial charge on any atom is -0.309 e. The van der Waals surface area contributed by atoms with Crippen LogP contribution in [0.2, 0.25) is 0 Å². The molecule has 0 radical (unpaired) electrons. The van der Waals surface area contributed by atoms with E-state index in [9.17, 15) is 0 Å². The van der Waals surface area contributed by atoms with Crippen LogP contribution in [0.5, 0.6) is 0 Å². The second-order valence-electron chi connectivity index (χ2n) is 6.88. The number of benzene rings is 2. The Labute approximate surface area is 170 Å². The van der Waals surface area contributed by atoms with E-state index in [0.717, 1.165) is 27.9 Å². The molecular formula is C20H24ClN5S. The van der Waals surface area contributed by atoms with Crippen LogP contribution in [0.25, 0.3) is 10.6 Å². The maximum atomic E-state index is 4.22. The molecule has 142 valence electrons. The normalized spacial score (nSPS) is 11.9. The van der Waals surface area contributed by atoms with Gasteiger partial charge in [-0.25, -0.2) is 0 Å². The Morgan fingerprint density at radius 2 is 1.67 bits per heavy atom. The summed E-state index contributed by atoms with van der Waals surface area (Å²) in [6, 6.07) is 20.2. The number of nitrogens with one attached hydrogen (secondary N) is 1. The number of nitrogens with zero attached hydrogens (tertiary/aromatic N) is 4. The molecule has 2 aromatic carbocycles. The van der Waals surface area contributed by atoms with Crippen LogP contribution in [-0.4, -0.2) is 32.3 Å². The molecule has 1 aromatic heterocycles. The van der Waals surface area contributed by atoms with Crippen LogP contribution in [0.3, 0.4) is 0 Å². The zero-order valence-electron chi connectivity index (χ0n) is 15.7. The van der Waals surface area contributed by atoms with Crippen molar-refractivity contribution in [2.45, 2.75) is 31.5 Å². The van der Waals surface area contributed by atoms with Crippen molar-refractivity contribution in [3.63, 3.8) is 0 Å². The van der Waals surface area contributed by atoms with Gasteiger partial charge in [0.15, 0.2) is 0 Å². The van der Waals surface area contributed by atoms with Crippen LogP contribution < -0.4 is 5.32 Å². The first-order valence-electron chi connectivity index (χ1n) is 8.55. The van der Waals surface area contributed by atoms with Gasteiger partial charge in [-0.1, -0.05) is 54.6 Å². The van der Waals surface area contributed by atoms with Gasteiger partial charge in [0.1, 0.15) is 0 Å². The third-order valence-corrected chi connectivity index (χ3v) is 4.68. The highest BCUT2D eigenvalue weighted by Crippen LogP contribution is 2.33. The van der Waals surface area contributed by atoms with Crippen molar-refractivity contribution in [1.82, 2.24) is 25.5 Å². The fourth-order valence-electron chi connectivity index (χ4n) is 2.34. The third kappa shape index (κ3) is 6.20. The average Bonchev–Trinajstić information content (AvgIpc) is 3.09. The lowest BCUT2D eigenvalue weighted by molar-refractivity contribution is 0.450. The number of aromatic nitrogens is 4. The summed E-state index contributed by atoms with van der Waals surface area (Å²) in [6.07, 6.45) is 2.19. The number of rotatable bonds is 6. The highest BCUT2D eigenvalue weighted by molar-refractivity contribution is 8.08. The van der Waals surface area contributed by atoms with Gasteiger partial charge in [0, 0.05) is 17.0 Å². The summed E-state index contributed by atoms with van der Waals surface area (Å²) in [7, 11) is 0. The van der Waals surface area contributed by atoms with Gasteiger partial charge in [-0.05, 0) is 60.7 Å². The second-order valence-corrected chi connectivity index (χ2v) is 7.89. The predicted molar refractivity (Wildman–Crippen MR) is 114 cm³/mol. The van der Waals surface area contributed by atoms with Crippen LogP contribution in [0.4, 0.5) is 0 Å². The van der Waals surface area contributed by atoms with Crippen LogP contribution in [0.15, 0.2) is 71.9 Å². The van der Waals surface area contributed by atoms with Crippen molar-refractivity contribution in [3.05, 3.63) is 72.3 Å². The molecule has 27 heavy (non-hydrogen) atoms. The van der Waals surface area contributed by atoms with E-state index in [4.69, 9.17) is 0 Å². The summed E-state index contributed by atoms with van der Waals surface area (Å²) in [5.41, 5.74) is 2.16. The van der Waals surface area contributed by atoms with Gasteiger partial charge in [-0.15, -0.1) is 17.5 Å². The Morgan fingerprint density at radius 1 is 1.04 bits per heavy atom. The first-order chi connectivity index (χ1) is 12.5. The number of hydrogen-bond donors (Lipinski definition) is 1. The SMILES string of the molecule is CC(C)(C)NC/C=C(/Sc1nnnn1-c1ccccc1)c1ccccc1.Cl. The van der Waals surface area contributed by atoms with E-state index in [1.807, 2.05) is 48.5 Å². The van der Waals surface area contributed by atoms with E-state index in [1.54, 1.807) is 16.4 Å². The largest absolute Gasteiger partial charge is 0.309 e. The molecule has 0 amide bonds. The van der Waals surface area contributed by atoms with E-state index < -0.39 is 0 Å². The van der Waals surface area contributed by atoms with Gasteiger partial charge >= 0.3 is 0 Å². The molecule has 0 unspecified atom stereocenters. The van der Waals surface area contributed by atoms with Gasteiger partial charge in [0.2, 0.25) is 5.16 Å². The molecule has 1 N–H and O–H groups in total. The third-order valence-electron chi connectivity index (χ3n) is 3.62. The molecule has 0 aliphatic rings. The summed E-state index contributed by atoms with van der Waals surface area (Å²) >= 11 is 1.57. The first kappa shape index (κ1) is 21.2. The van der Waals surface area contributed by atoms with Gasteiger partial charge < -0.3 is 5.32 Å². The fraction of sp³-hybridized carbons (Fsp3) is 0.250. The molecule has 7 heteroatoms. The Hall–Kier alpha value is -2.15. The number of hydrogen-bond acceptors (Lipinski definition) is 5. The molecule has 0 fully saturated rings. The molecule has 0 saturated heterocycles. The molecule has 3 aromatic rings. The molecule has 0 bridgehead atoms. The molecule has 1 heterocycles. The fourth-order valence-corrected chi connectivity index (χ4v) is 3.27. The van der Waals surface area contributed by atoms with Gasteiger partial charge in [-0.2, -0.15) is 4.68 Å². The summed E-state index contributed by atoms with van der Waals surface area (Å²) in [6.45, 7) is 7.25. The molecule has 0 atom stereocenters. The number of para-hydroxylation sites is 1. The van der Waals surface area contributed by atoms with Crippen LogP contribution in [-0.2, 0) is 0 Å². The van der Waals surface area contributed by atoms with Crippen molar-refractivity contribution >= 4 is 29.1 Å². The minimum atomic E-state index is 0. The van der Waals surface area contributed by atoms with E-state index >= 15 is 0 Å². The average molecular weight is 402 g/mol. The molecule has 5 nitrogen and oxygen atoms in total. The Kier molecular flexibility index (Phi) is 7.59. The summed E-state index contributed by atoms with van der Waals surface area (Å²) < 4.78 is 1.76. The van der Waals surface area contributed by atoms with Gasteiger partial charge in [-0.3, -0.25) is 0 Å². The van der Waals surface area contributed by atoms with Crippen molar-refractivity contribution in [1.29, 1.82) is 0 Å². The van der Waals surface area contributed by atoms with Crippen molar-refractivity contribution < 1.29 is 0 Å². The molecule has 3 rings (SSSR count). The van der Waals surface area contributed by atoms with Crippen molar-refractivity contribution in [2.75, 3.05) is 6.54 Å². The molecule has 0 saturated carbocycles. The first-order valence-corrected chi connectivity index (χ1v) is 9.37. The highest BCUT2D eigenvalue weighted by atomic mass is 35.5. The summed E-state index contributed by atoms with van der Waals surface area (Å²) in [4.78, 5) is 1.12. The molecule has 0 spiro atoms. The number of tetrazole rings is 1. The highest BCUT2D eigenvalue weighted by Gasteiger charge is 2.13. The lowest BCUT2D eigenvalue weighted by atomic mass is 10.1. The predicted octanol–water partition coefficient (Wildman–Crippen LogP) is 4.61. The van der Waals surface area contributed by atoms with Crippen LogP contribution in [0.1, 0.15) is 26.3 Å². The Bertz CT molecular complexity index is 857. The molecular weight excluding hydrogens is 378 g/mol. The van der Waals surface area contributed by atoms with Crippen molar-refractivity contribution in [2.24, 2.45) is 0 Å². The topological polar surface area (TPSA) is 55.6 Å². The molecule has 0 aliphatic carbocycles. The second kappa shape index (κ2) is 9.69.